The van der Waals surface area contributed by atoms with Crippen molar-refractivity contribution in [2.24, 2.45) is 0 Å². The number of methoxy groups -OCH3 is 1. The number of benzene rings is 2. The first-order chi connectivity index (χ1) is 9.19. The predicted octanol–water partition coefficient (Wildman–Crippen LogP) is 3.60. The zero-order valence-electron chi connectivity index (χ0n) is 10.8. The predicted molar refractivity (Wildman–Crippen MR) is 80.6 cm³/mol. The lowest BCUT2D eigenvalue weighted by molar-refractivity contribution is 0.175. The smallest absolute Gasteiger partial charge is 0.119 e. The lowest BCUT2D eigenvalue weighted by Gasteiger charge is -2.13. The van der Waals surface area contributed by atoms with Crippen LogP contribution in [-0.2, 0) is 12.8 Å². The van der Waals surface area contributed by atoms with Gasteiger partial charge in [0.05, 0.1) is 13.2 Å². The van der Waals surface area contributed by atoms with Gasteiger partial charge in [0.2, 0.25) is 0 Å². The van der Waals surface area contributed by atoms with Crippen molar-refractivity contribution >= 4 is 15.9 Å². The highest BCUT2D eigenvalue weighted by Gasteiger charge is 2.10. The van der Waals surface area contributed by atoms with Crippen molar-refractivity contribution in [3.05, 3.63) is 64.1 Å². The SMILES string of the molecule is COc1ccc(Br)c(CC(O)Cc2ccccc2)c1. The molecule has 0 fully saturated rings. The summed E-state index contributed by atoms with van der Waals surface area (Å²) in [6.07, 6.45) is 0.864. The van der Waals surface area contributed by atoms with E-state index in [0.29, 0.717) is 12.8 Å². The number of hydrogen-bond acceptors (Lipinski definition) is 2. The van der Waals surface area contributed by atoms with Crippen molar-refractivity contribution in [3.8, 4) is 5.75 Å². The molecule has 1 atom stereocenters. The molecule has 3 heteroatoms. The molecule has 2 aromatic rings. The van der Waals surface area contributed by atoms with Crippen LogP contribution in [0.3, 0.4) is 0 Å². The van der Waals surface area contributed by atoms with Gasteiger partial charge < -0.3 is 9.84 Å². The maximum Gasteiger partial charge on any atom is 0.119 e. The van der Waals surface area contributed by atoms with E-state index in [2.05, 4.69) is 15.9 Å². The molecule has 0 bridgehead atoms. The molecule has 19 heavy (non-hydrogen) atoms. The number of aliphatic hydroxyl groups is 1. The Morgan fingerprint density at radius 2 is 1.84 bits per heavy atom. The van der Waals surface area contributed by atoms with Crippen LogP contribution < -0.4 is 4.74 Å². The minimum Gasteiger partial charge on any atom is -0.497 e. The Balaban J connectivity index is 2.04. The highest BCUT2D eigenvalue weighted by molar-refractivity contribution is 9.10. The summed E-state index contributed by atoms with van der Waals surface area (Å²) < 4.78 is 6.21. The van der Waals surface area contributed by atoms with E-state index in [9.17, 15) is 5.11 Å². The summed E-state index contributed by atoms with van der Waals surface area (Å²) in [5, 5.41) is 10.2. The number of rotatable bonds is 5. The Labute approximate surface area is 122 Å². The van der Waals surface area contributed by atoms with Gasteiger partial charge in [0.1, 0.15) is 5.75 Å². The van der Waals surface area contributed by atoms with Gasteiger partial charge in [0.15, 0.2) is 0 Å². The maximum absolute atomic E-state index is 10.2. The van der Waals surface area contributed by atoms with Gasteiger partial charge in [0.25, 0.3) is 0 Å². The van der Waals surface area contributed by atoms with Crippen LogP contribution >= 0.6 is 15.9 Å². The van der Waals surface area contributed by atoms with Crippen LogP contribution in [0, 0.1) is 0 Å². The van der Waals surface area contributed by atoms with Gasteiger partial charge in [0, 0.05) is 4.47 Å². The van der Waals surface area contributed by atoms with E-state index in [4.69, 9.17) is 4.74 Å². The van der Waals surface area contributed by atoms with Crippen molar-refractivity contribution in [3.63, 3.8) is 0 Å². The molecule has 0 radical (unpaired) electrons. The molecule has 2 nitrogen and oxygen atoms in total. The summed E-state index contributed by atoms with van der Waals surface area (Å²) in [4.78, 5) is 0. The molecule has 0 aromatic heterocycles. The molecule has 1 N–H and O–H groups in total. The van der Waals surface area contributed by atoms with Gasteiger partial charge in [-0.25, -0.2) is 0 Å². The molecule has 0 aliphatic carbocycles. The summed E-state index contributed by atoms with van der Waals surface area (Å²) in [5.41, 5.74) is 2.21. The molecule has 0 heterocycles. The zero-order chi connectivity index (χ0) is 13.7. The van der Waals surface area contributed by atoms with Crippen molar-refractivity contribution in [1.82, 2.24) is 0 Å². The molecule has 100 valence electrons. The van der Waals surface area contributed by atoms with E-state index < -0.39 is 6.10 Å². The first kappa shape index (κ1) is 14.1. The van der Waals surface area contributed by atoms with Gasteiger partial charge in [-0.2, -0.15) is 0 Å². The third-order valence-electron chi connectivity index (χ3n) is 3.02. The number of ether oxygens (including phenoxy) is 1. The van der Waals surface area contributed by atoms with E-state index in [1.165, 1.54) is 0 Å². The van der Waals surface area contributed by atoms with Crippen LogP contribution in [0.2, 0.25) is 0 Å². The fourth-order valence-electron chi connectivity index (χ4n) is 2.05. The first-order valence-corrected chi connectivity index (χ1v) is 7.02. The van der Waals surface area contributed by atoms with Crippen LogP contribution in [-0.4, -0.2) is 18.3 Å². The molecule has 0 aliphatic rings. The lowest BCUT2D eigenvalue weighted by Crippen LogP contribution is -2.14. The number of halogens is 1. The second-order valence-electron chi connectivity index (χ2n) is 4.51. The Hall–Kier alpha value is -1.32. The van der Waals surface area contributed by atoms with Crippen LogP contribution in [0.25, 0.3) is 0 Å². The number of hydrogen-bond donors (Lipinski definition) is 1. The normalized spacial score (nSPS) is 12.2. The van der Waals surface area contributed by atoms with E-state index >= 15 is 0 Å². The topological polar surface area (TPSA) is 29.5 Å². The van der Waals surface area contributed by atoms with Gasteiger partial charge in [-0.1, -0.05) is 46.3 Å². The Kier molecular flexibility index (Phi) is 5.00. The van der Waals surface area contributed by atoms with Crippen LogP contribution in [0.1, 0.15) is 11.1 Å². The summed E-state index contributed by atoms with van der Waals surface area (Å²) in [5.74, 6) is 0.810. The third-order valence-corrected chi connectivity index (χ3v) is 3.80. The molecule has 2 aromatic carbocycles. The van der Waals surface area contributed by atoms with Crippen molar-refractivity contribution in [2.45, 2.75) is 18.9 Å². The average Bonchev–Trinajstić information content (AvgIpc) is 2.42. The minimum atomic E-state index is -0.397. The molecular formula is C16H17BrO2. The highest BCUT2D eigenvalue weighted by atomic mass is 79.9. The van der Waals surface area contributed by atoms with E-state index in [-0.39, 0.29) is 0 Å². The number of aliphatic hydroxyl groups excluding tert-OH is 1. The van der Waals surface area contributed by atoms with Gasteiger partial charge in [-0.05, 0) is 42.2 Å². The van der Waals surface area contributed by atoms with Gasteiger partial charge in [-0.15, -0.1) is 0 Å². The van der Waals surface area contributed by atoms with Crippen molar-refractivity contribution in [2.75, 3.05) is 7.11 Å². The van der Waals surface area contributed by atoms with Crippen LogP contribution in [0.4, 0.5) is 0 Å². The molecule has 0 saturated carbocycles. The second kappa shape index (κ2) is 6.73. The molecular weight excluding hydrogens is 304 g/mol. The van der Waals surface area contributed by atoms with Crippen LogP contribution in [0.5, 0.6) is 5.75 Å². The molecule has 0 amide bonds. The first-order valence-electron chi connectivity index (χ1n) is 6.23. The summed E-state index contributed by atoms with van der Waals surface area (Å²) in [6, 6.07) is 15.8. The van der Waals surface area contributed by atoms with E-state index in [1.54, 1.807) is 7.11 Å². The van der Waals surface area contributed by atoms with E-state index in [1.807, 2.05) is 48.5 Å². The standard InChI is InChI=1S/C16H17BrO2/c1-19-15-7-8-16(17)13(11-15)10-14(18)9-12-5-3-2-4-6-12/h2-8,11,14,18H,9-10H2,1H3. The molecule has 0 spiro atoms. The third kappa shape index (κ3) is 4.08. The van der Waals surface area contributed by atoms with Crippen molar-refractivity contribution < 1.29 is 9.84 Å². The fraction of sp³-hybridized carbons (Fsp3) is 0.250. The fourth-order valence-corrected chi connectivity index (χ4v) is 2.46. The summed E-state index contributed by atoms with van der Waals surface area (Å²) >= 11 is 3.51. The maximum atomic E-state index is 10.2. The zero-order valence-corrected chi connectivity index (χ0v) is 12.4. The monoisotopic (exact) mass is 320 g/mol. The van der Waals surface area contributed by atoms with Gasteiger partial charge >= 0.3 is 0 Å². The second-order valence-corrected chi connectivity index (χ2v) is 5.36. The molecule has 0 saturated heterocycles. The molecule has 1 unspecified atom stereocenters. The Morgan fingerprint density at radius 3 is 2.53 bits per heavy atom. The Bertz CT molecular complexity index is 526. The summed E-state index contributed by atoms with van der Waals surface area (Å²) in [6.45, 7) is 0. The Morgan fingerprint density at radius 1 is 1.11 bits per heavy atom. The lowest BCUT2D eigenvalue weighted by atomic mass is 10.0. The quantitative estimate of drug-likeness (QED) is 0.912. The van der Waals surface area contributed by atoms with Crippen molar-refractivity contribution in [1.29, 1.82) is 0 Å². The average molecular weight is 321 g/mol. The molecule has 2 rings (SSSR count). The molecule has 0 aliphatic heterocycles. The minimum absolute atomic E-state index is 0.397. The highest BCUT2D eigenvalue weighted by Crippen LogP contribution is 2.24. The van der Waals surface area contributed by atoms with Crippen LogP contribution in [0.15, 0.2) is 53.0 Å². The largest absolute Gasteiger partial charge is 0.497 e. The summed E-state index contributed by atoms with van der Waals surface area (Å²) in [7, 11) is 1.65. The van der Waals surface area contributed by atoms with E-state index in [0.717, 1.165) is 21.3 Å². The van der Waals surface area contributed by atoms with Gasteiger partial charge in [-0.3, -0.25) is 0 Å².